The van der Waals surface area contributed by atoms with Crippen LogP contribution in [0.4, 0.5) is 5.95 Å². The number of nitrogens with two attached hydrogens (primary N) is 2. The summed E-state index contributed by atoms with van der Waals surface area (Å²) in [7, 11) is 0. The number of nitrogen functional groups attached to an aromatic ring is 1. The van der Waals surface area contributed by atoms with Gasteiger partial charge in [0, 0.05) is 24.2 Å². The molecule has 5 rings (SSSR count). The van der Waals surface area contributed by atoms with Crippen LogP contribution in [0.15, 0.2) is 54.0 Å². The van der Waals surface area contributed by atoms with Gasteiger partial charge in [0.15, 0.2) is 0 Å². The smallest absolute Gasteiger partial charge is 0.281 e. The zero-order chi connectivity index (χ0) is 22.3. The summed E-state index contributed by atoms with van der Waals surface area (Å²) in [6, 6.07) is 8.26. The molecule has 0 radical (unpaired) electrons. The average molecular weight is 432 g/mol. The van der Waals surface area contributed by atoms with E-state index in [1.54, 1.807) is 23.3 Å². The number of carbonyl (C=O) groups is 1. The van der Waals surface area contributed by atoms with E-state index in [4.69, 9.17) is 16.2 Å². The summed E-state index contributed by atoms with van der Waals surface area (Å²) < 4.78 is 6.94. The van der Waals surface area contributed by atoms with Crippen molar-refractivity contribution in [1.29, 1.82) is 0 Å². The first kappa shape index (κ1) is 20.3. The third-order valence-electron chi connectivity index (χ3n) is 6.48. The van der Waals surface area contributed by atoms with Crippen LogP contribution in [0.1, 0.15) is 41.7 Å². The van der Waals surface area contributed by atoms with Gasteiger partial charge in [-0.3, -0.25) is 9.48 Å². The average Bonchev–Trinajstić information content (AvgIpc) is 3.51. The second-order valence-electron chi connectivity index (χ2n) is 8.59. The van der Waals surface area contributed by atoms with Gasteiger partial charge in [-0.2, -0.15) is 10.1 Å². The van der Waals surface area contributed by atoms with Gasteiger partial charge in [-0.1, -0.05) is 24.3 Å². The quantitative estimate of drug-likeness (QED) is 0.452. The number of aromatic nitrogens is 4. The Balaban J connectivity index is 1.40. The number of nitrogens with zero attached hydrogens (tertiary/aromatic N) is 5. The van der Waals surface area contributed by atoms with Crippen LogP contribution < -0.4 is 11.5 Å². The Morgan fingerprint density at radius 3 is 2.41 bits per heavy atom. The van der Waals surface area contributed by atoms with Crippen LogP contribution >= 0.6 is 0 Å². The minimum absolute atomic E-state index is 0.180. The molecule has 0 spiro atoms. The lowest BCUT2D eigenvalue weighted by Gasteiger charge is -2.30. The molecule has 3 aromatic rings. The molecule has 1 atom stereocenters. The van der Waals surface area contributed by atoms with Crippen molar-refractivity contribution >= 4 is 17.7 Å². The summed E-state index contributed by atoms with van der Waals surface area (Å²) in [5.74, 6) is 0.538. The lowest BCUT2D eigenvalue weighted by molar-refractivity contribution is -0.0286. The summed E-state index contributed by atoms with van der Waals surface area (Å²) in [5.41, 5.74) is 14.8. The predicted octanol–water partition coefficient (Wildman–Crippen LogP) is 2.36. The zero-order valence-corrected chi connectivity index (χ0v) is 17.8. The summed E-state index contributed by atoms with van der Waals surface area (Å²) >= 11 is 0. The van der Waals surface area contributed by atoms with Gasteiger partial charge in [0.1, 0.15) is 5.84 Å². The van der Waals surface area contributed by atoms with Gasteiger partial charge in [-0.05, 0) is 36.8 Å². The van der Waals surface area contributed by atoms with E-state index in [0.717, 1.165) is 29.5 Å². The van der Waals surface area contributed by atoms with Crippen molar-refractivity contribution in [3.63, 3.8) is 0 Å². The lowest BCUT2D eigenvalue weighted by Crippen LogP contribution is -2.41. The van der Waals surface area contributed by atoms with Crippen LogP contribution in [0.3, 0.4) is 0 Å². The third kappa shape index (κ3) is 3.64. The molecule has 1 saturated carbocycles. The van der Waals surface area contributed by atoms with Gasteiger partial charge in [-0.15, -0.1) is 0 Å². The van der Waals surface area contributed by atoms with Crippen LogP contribution in [0.5, 0.6) is 0 Å². The molecule has 4 N–H and O–H groups in total. The number of rotatable bonds is 6. The molecule has 2 aliphatic rings. The molecule has 1 aliphatic heterocycles. The molecule has 9 heteroatoms. The van der Waals surface area contributed by atoms with E-state index >= 15 is 0 Å². The van der Waals surface area contributed by atoms with Gasteiger partial charge in [-0.25, -0.2) is 9.97 Å². The van der Waals surface area contributed by atoms with Gasteiger partial charge in [0.25, 0.3) is 5.91 Å². The summed E-state index contributed by atoms with van der Waals surface area (Å²) in [5, 5.41) is 4.27. The van der Waals surface area contributed by atoms with E-state index in [-0.39, 0.29) is 17.9 Å². The van der Waals surface area contributed by atoms with E-state index in [0.29, 0.717) is 30.5 Å². The fourth-order valence-electron chi connectivity index (χ4n) is 4.06. The summed E-state index contributed by atoms with van der Waals surface area (Å²) in [4.78, 5) is 25.2. The number of amidine groups is 1. The molecule has 1 amide bonds. The van der Waals surface area contributed by atoms with Crippen LogP contribution in [-0.2, 0) is 10.2 Å². The Hall–Kier alpha value is -3.59. The predicted molar refractivity (Wildman–Crippen MR) is 120 cm³/mol. The summed E-state index contributed by atoms with van der Waals surface area (Å²) in [6.07, 6.45) is 8.74. The number of hydrogen-bond donors (Lipinski definition) is 2. The van der Waals surface area contributed by atoms with Gasteiger partial charge >= 0.3 is 0 Å². The first-order chi connectivity index (χ1) is 15.4. The molecule has 164 valence electrons. The number of ether oxygens (including phenoxy) is 1. The molecule has 9 nitrogen and oxygen atoms in total. The van der Waals surface area contributed by atoms with E-state index in [1.165, 1.54) is 6.20 Å². The normalized spacial score (nSPS) is 18.7. The molecule has 1 aliphatic carbocycles. The zero-order valence-electron chi connectivity index (χ0n) is 17.8. The van der Waals surface area contributed by atoms with Crippen molar-refractivity contribution in [2.75, 3.05) is 18.9 Å². The molecule has 32 heavy (non-hydrogen) atoms. The molecular weight excluding hydrogens is 406 g/mol. The van der Waals surface area contributed by atoms with Crippen molar-refractivity contribution in [3.8, 4) is 11.1 Å². The minimum atomic E-state index is -0.524. The van der Waals surface area contributed by atoms with E-state index < -0.39 is 5.41 Å². The Kier molecular flexibility index (Phi) is 4.97. The molecule has 0 unspecified atom stereocenters. The Morgan fingerprint density at radius 1 is 1.12 bits per heavy atom. The number of amides is 1. The number of carbonyl (C=O) groups excluding carboxylic acids is 1. The number of hydrogen-bond acceptors (Lipinski definition) is 6. The van der Waals surface area contributed by atoms with Crippen LogP contribution in [0.2, 0.25) is 0 Å². The maximum Gasteiger partial charge on any atom is 0.281 e. The largest absolute Gasteiger partial charge is 0.386 e. The highest BCUT2D eigenvalue weighted by Gasteiger charge is 2.46. The molecule has 1 saturated heterocycles. The Labute approximate surface area is 185 Å². The molecule has 2 aromatic heterocycles. The SMILES string of the molecule is C[C@](C(N)=NC(=O)c1cnn(C2COC2)c1)(c1ccc(-c2cnc(N)nc2)cc1)C1CC1. The highest BCUT2D eigenvalue weighted by Crippen LogP contribution is 2.47. The number of aliphatic imine (C=N–C) groups is 1. The van der Waals surface area contributed by atoms with Crippen LogP contribution in [0.25, 0.3) is 11.1 Å². The Bertz CT molecular complexity index is 1160. The highest BCUT2D eigenvalue weighted by atomic mass is 16.5. The van der Waals surface area contributed by atoms with Gasteiger partial charge in [0.2, 0.25) is 5.95 Å². The fraction of sp³-hybridized carbons (Fsp3) is 0.348. The highest BCUT2D eigenvalue weighted by molar-refractivity contribution is 6.06. The second-order valence-corrected chi connectivity index (χ2v) is 8.59. The maximum atomic E-state index is 12.8. The standard InChI is InChI=1S/C23H25N7O2/c1-23(18-6-7-18,17-4-2-14(3-5-17)15-8-26-22(25)27-9-15)21(24)29-20(31)16-10-28-30(11-16)19-12-32-13-19/h2-5,8-11,18-19H,6-7,12-13H2,1H3,(H2,24,29,31)(H2,25,26,27)/t23-/m0/s1. The molecular formula is C23H25N7O2. The number of anilines is 1. The van der Waals surface area contributed by atoms with Crippen molar-refractivity contribution in [2.45, 2.75) is 31.2 Å². The van der Waals surface area contributed by atoms with Crippen molar-refractivity contribution in [2.24, 2.45) is 16.6 Å². The second kappa shape index (κ2) is 7.83. The lowest BCUT2D eigenvalue weighted by atomic mass is 9.76. The molecule has 1 aromatic carbocycles. The van der Waals surface area contributed by atoms with Gasteiger partial charge in [0.05, 0.1) is 36.4 Å². The molecule has 0 bridgehead atoms. The fourth-order valence-corrected chi connectivity index (χ4v) is 4.06. The molecule has 3 heterocycles. The number of benzene rings is 1. The van der Waals surface area contributed by atoms with E-state index in [1.807, 2.05) is 24.3 Å². The first-order valence-corrected chi connectivity index (χ1v) is 10.6. The van der Waals surface area contributed by atoms with Gasteiger partial charge < -0.3 is 16.2 Å². The minimum Gasteiger partial charge on any atom is -0.386 e. The first-order valence-electron chi connectivity index (χ1n) is 10.6. The van der Waals surface area contributed by atoms with Crippen molar-refractivity contribution in [3.05, 3.63) is 60.2 Å². The molecule has 2 fully saturated rings. The van der Waals surface area contributed by atoms with Crippen molar-refractivity contribution < 1.29 is 9.53 Å². The van der Waals surface area contributed by atoms with Crippen molar-refractivity contribution in [1.82, 2.24) is 19.7 Å². The van der Waals surface area contributed by atoms with Crippen LogP contribution in [0, 0.1) is 5.92 Å². The Morgan fingerprint density at radius 2 is 1.81 bits per heavy atom. The topological polar surface area (TPSA) is 134 Å². The maximum absolute atomic E-state index is 12.8. The van der Waals surface area contributed by atoms with Crippen LogP contribution in [-0.4, -0.2) is 44.7 Å². The summed E-state index contributed by atoms with van der Waals surface area (Å²) in [6.45, 7) is 3.28. The van der Waals surface area contributed by atoms with E-state index in [9.17, 15) is 4.79 Å². The third-order valence-corrected chi connectivity index (χ3v) is 6.48. The van der Waals surface area contributed by atoms with E-state index in [2.05, 4.69) is 27.0 Å². The monoisotopic (exact) mass is 431 g/mol.